The fourth-order valence-electron chi connectivity index (χ4n) is 2.81. The van der Waals surface area contributed by atoms with Gasteiger partial charge in [-0.2, -0.15) is 0 Å². The summed E-state index contributed by atoms with van der Waals surface area (Å²) in [5, 5.41) is 2.79. The number of benzene rings is 2. The first kappa shape index (κ1) is 21.6. The van der Waals surface area contributed by atoms with Crippen LogP contribution in [0.5, 0.6) is 11.5 Å². The zero-order valence-corrected chi connectivity index (χ0v) is 17.3. The van der Waals surface area contributed by atoms with Gasteiger partial charge in [0.1, 0.15) is 17.5 Å². The highest BCUT2D eigenvalue weighted by Gasteiger charge is 2.29. The molecule has 0 aliphatic rings. The van der Waals surface area contributed by atoms with Gasteiger partial charge >= 0.3 is 0 Å². The van der Waals surface area contributed by atoms with Crippen LogP contribution in [0.25, 0.3) is 0 Å². The first-order valence-corrected chi connectivity index (χ1v) is 10.7. The van der Waals surface area contributed by atoms with Crippen molar-refractivity contribution in [3.63, 3.8) is 0 Å². The average molecular weight is 407 g/mol. The van der Waals surface area contributed by atoms with Gasteiger partial charge in [0.25, 0.3) is 0 Å². The van der Waals surface area contributed by atoms with Crippen molar-refractivity contribution >= 4 is 21.6 Å². The Morgan fingerprint density at radius 1 is 1.14 bits per heavy atom. The van der Waals surface area contributed by atoms with Gasteiger partial charge in [-0.1, -0.05) is 18.2 Å². The Balaban J connectivity index is 2.16. The molecule has 152 valence electrons. The summed E-state index contributed by atoms with van der Waals surface area (Å²) in [4.78, 5) is 12.7. The van der Waals surface area contributed by atoms with Crippen molar-refractivity contribution in [1.29, 1.82) is 0 Å². The lowest BCUT2D eigenvalue weighted by molar-refractivity contribution is -0.122. The molecule has 2 rings (SSSR count). The molecule has 0 aliphatic heterocycles. The largest absolute Gasteiger partial charge is 0.497 e. The lowest BCUT2D eigenvalue weighted by atomic mass is 10.2. The van der Waals surface area contributed by atoms with Gasteiger partial charge in [-0.05, 0) is 43.7 Å². The van der Waals surface area contributed by atoms with Gasteiger partial charge in [0.2, 0.25) is 15.9 Å². The van der Waals surface area contributed by atoms with Crippen LogP contribution < -0.4 is 19.1 Å². The van der Waals surface area contributed by atoms with E-state index in [0.29, 0.717) is 18.0 Å². The Morgan fingerprint density at radius 3 is 2.46 bits per heavy atom. The number of anilines is 1. The van der Waals surface area contributed by atoms with Crippen LogP contribution in [0.15, 0.2) is 48.5 Å². The Hall–Kier alpha value is -2.74. The number of carbonyl (C=O) groups is 1. The summed E-state index contributed by atoms with van der Waals surface area (Å²) in [6.45, 7) is 4.26. The molecule has 8 heteroatoms. The molecule has 1 atom stereocenters. The Morgan fingerprint density at radius 2 is 1.82 bits per heavy atom. The quantitative estimate of drug-likeness (QED) is 0.692. The van der Waals surface area contributed by atoms with Crippen molar-refractivity contribution in [3.05, 3.63) is 54.1 Å². The maximum atomic E-state index is 12.7. The molecule has 2 aromatic rings. The van der Waals surface area contributed by atoms with Crippen molar-refractivity contribution in [2.24, 2.45) is 0 Å². The molecule has 28 heavy (non-hydrogen) atoms. The highest BCUT2D eigenvalue weighted by Crippen LogP contribution is 2.25. The second-order valence-electron chi connectivity index (χ2n) is 6.23. The van der Waals surface area contributed by atoms with Gasteiger partial charge in [-0.15, -0.1) is 0 Å². The summed E-state index contributed by atoms with van der Waals surface area (Å²) < 4.78 is 36.4. The standard InChI is InChI=1S/C20H26N2O5S/c1-5-27-19-11-6-8-16(12-19)14-21-20(23)15(2)22(28(4,24)25)17-9-7-10-18(13-17)26-3/h6-13,15H,5,14H2,1-4H3,(H,21,23)/t15-/m0/s1. The molecule has 7 nitrogen and oxygen atoms in total. The van der Waals surface area contributed by atoms with Crippen LogP contribution in [-0.2, 0) is 21.4 Å². The molecule has 0 radical (unpaired) electrons. The van der Waals surface area contributed by atoms with Gasteiger partial charge in [0, 0.05) is 12.6 Å². The topological polar surface area (TPSA) is 84.9 Å². The number of sulfonamides is 1. The molecule has 0 bridgehead atoms. The van der Waals surface area contributed by atoms with E-state index in [2.05, 4.69) is 5.32 Å². The van der Waals surface area contributed by atoms with E-state index in [9.17, 15) is 13.2 Å². The molecule has 1 N–H and O–H groups in total. The molecule has 0 saturated carbocycles. The van der Waals surface area contributed by atoms with Gasteiger partial charge < -0.3 is 14.8 Å². The number of methoxy groups -OCH3 is 1. The molecule has 0 fully saturated rings. The normalized spacial score (nSPS) is 12.1. The van der Waals surface area contributed by atoms with Crippen molar-refractivity contribution in [1.82, 2.24) is 5.32 Å². The average Bonchev–Trinajstić information content (AvgIpc) is 2.66. The lowest BCUT2D eigenvalue weighted by Crippen LogP contribution is -2.47. The number of rotatable bonds is 9. The lowest BCUT2D eigenvalue weighted by Gasteiger charge is -2.28. The zero-order valence-electron chi connectivity index (χ0n) is 16.5. The van der Waals surface area contributed by atoms with Crippen molar-refractivity contribution < 1.29 is 22.7 Å². The highest BCUT2D eigenvalue weighted by atomic mass is 32.2. The summed E-state index contributed by atoms with van der Waals surface area (Å²) >= 11 is 0. The number of amides is 1. The first-order chi connectivity index (χ1) is 13.3. The molecule has 1 amide bonds. The Labute approximate surface area is 166 Å². The molecule has 0 heterocycles. The van der Waals surface area contributed by atoms with Gasteiger partial charge in [-0.3, -0.25) is 9.10 Å². The van der Waals surface area contributed by atoms with E-state index in [-0.39, 0.29) is 6.54 Å². The second kappa shape index (κ2) is 9.45. The number of hydrogen-bond donors (Lipinski definition) is 1. The summed E-state index contributed by atoms with van der Waals surface area (Å²) in [7, 11) is -2.19. The molecule has 0 saturated heterocycles. The predicted molar refractivity (Wildman–Crippen MR) is 109 cm³/mol. The maximum absolute atomic E-state index is 12.7. The molecule has 0 unspecified atom stereocenters. The maximum Gasteiger partial charge on any atom is 0.243 e. The fourth-order valence-corrected chi connectivity index (χ4v) is 3.97. The molecule has 2 aromatic carbocycles. The number of ether oxygens (including phenoxy) is 2. The van der Waals surface area contributed by atoms with Gasteiger partial charge in [0.15, 0.2) is 0 Å². The predicted octanol–water partition coefficient (Wildman–Crippen LogP) is 2.56. The molecule has 0 aromatic heterocycles. The Kier molecular flexibility index (Phi) is 7.28. The Bertz CT molecular complexity index is 914. The van der Waals surface area contributed by atoms with E-state index in [1.807, 2.05) is 31.2 Å². The minimum atomic E-state index is -3.69. The van der Waals surface area contributed by atoms with Crippen molar-refractivity contribution in [2.45, 2.75) is 26.4 Å². The van der Waals surface area contributed by atoms with E-state index >= 15 is 0 Å². The van der Waals surface area contributed by atoms with Crippen LogP contribution in [0.4, 0.5) is 5.69 Å². The molecule has 0 spiro atoms. The van der Waals surface area contributed by atoms with Crippen LogP contribution in [0, 0.1) is 0 Å². The summed E-state index contributed by atoms with van der Waals surface area (Å²) in [6, 6.07) is 13.0. The number of nitrogens with zero attached hydrogens (tertiary/aromatic N) is 1. The minimum Gasteiger partial charge on any atom is -0.497 e. The van der Waals surface area contributed by atoms with Crippen LogP contribution >= 0.6 is 0 Å². The molecular weight excluding hydrogens is 380 g/mol. The van der Waals surface area contributed by atoms with E-state index in [1.54, 1.807) is 31.2 Å². The fraction of sp³-hybridized carbons (Fsp3) is 0.350. The van der Waals surface area contributed by atoms with E-state index in [4.69, 9.17) is 9.47 Å². The zero-order chi connectivity index (χ0) is 20.7. The van der Waals surface area contributed by atoms with Crippen molar-refractivity contribution in [2.75, 3.05) is 24.3 Å². The third-order valence-corrected chi connectivity index (χ3v) is 5.31. The summed E-state index contributed by atoms with van der Waals surface area (Å²) in [5.74, 6) is 0.818. The highest BCUT2D eigenvalue weighted by molar-refractivity contribution is 7.92. The van der Waals surface area contributed by atoms with E-state index in [1.165, 1.54) is 7.11 Å². The summed E-state index contributed by atoms with van der Waals surface area (Å²) in [6.07, 6.45) is 1.07. The van der Waals surface area contributed by atoms with E-state index in [0.717, 1.165) is 21.9 Å². The summed E-state index contributed by atoms with van der Waals surface area (Å²) in [5.41, 5.74) is 1.22. The smallest absolute Gasteiger partial charge is 0.243 e. The third kappa shape index (κ3) is 5.63. The SMILES string of the molecule is CCOc1cccc(CNC(=O)[C@H](C)N(c2cccc(OC)c2)S(C)(=O)=O)c1. The van der Waals surface area contributed by atoms with Crippen LogP contribution in [0.1, 0.15) is 19.4 Å². The molecular formula is C20H26N2O5S. The monoisotopic (exact) mass is 406 g/mol. The number of hydrogen-bond acceptors (Lipinski definition) is 5. The van der Waals surface area contributed by atoms with Crippen LogP contribution in [-0.4, -0.2) is 40.3 Å². The van der Waals surface area contributed by atoms with Crippen LogP contribution in [0.3, 0.4) is 0 Å². The number of nitrogens with one attached hydrogen (secondary N) is 1. The number of carbonyl (C=O) groups excluding carboxylic acids is 1. The van der Waals surface area contributed by atoms with Crippen molar-refractivity contribution in [3.8, 4) is 11.5 Å². The third-order valence-electron chi connectivity index (χ3n) is 4.07. The first-order valence-electron chi connectivity index (χ1n) is 8.89. The second-order valence-corrected chi connectivity index (χ2v) is 8.09. The van der Waals surface area contributed by atoms with Crippen LogP contribution in [0.2, 0.25) is 0 Å². The van der Waals surface area contributed by atoms with E-state index < -0.39 is 22.0 Å². The van der Waals surface area contributed by atoms with Gasteiger partial charge in [0.05, 0.1) is 25.7 Å². The minimum absolute atomic E-state index is 0.264. The molecule has 0 aliphatic carbocycles. The van der Waals surface area contributed by atoms with Gasteiger partial charge in [-0.25, -0.2) is 8.42 Å².